The fourth-order valence-electron chi connectivity index (χ4n) is 3.19. The first-order chi connectivity index (χ1) is 8.69. The van der Waals surface area contributed by atoms with E-state index in [1.807, 2.05) is 6.92 Å². The second kappa shape index (κ2) is 4.53. The highest BCUT2D eigenvalue weighted by Crippen LogP contribution is 2.40. The Labute approximate surface area is 111 Å². The molecule has 0 aromatic carbocycles. The van der Waals surface area contributed by atoms with Gasteiger partial charge in [0, 0.05) is 13.1 Å². The zero-order valence-electron chi connectivity index (χ0n) is 10.8. The third kappa shape index (κ3) is 1.90. The van der Waals surface area contributed by atoms with Crippen molar-refractivity contribution in [2.75, 3.05) is 25.1 Å². The van der Waals surface area contributed by atoms with Crippen molar-refractivity contribution in [3.05, 3.63) is 10.6 Å². The number of aryl methyl sites for hydroxylation is 1. The van der Waals surface area contributed by atoms with Crippen LogP contribution in [-0.2, 0) is 4.74 Å². The molecule has 1 aliphatic carbocycles. The van der Waals surface area contributed by atoms with Gasteiger partial charge in [-0.3, -0.25) is 0 Å². The highest BCUT2D eigenvalue weighted by atomic mass is 32.1. The number of nitrogens with zero attached hydrogens (tertiary/aromatic N) is 2. The minimum absolute atomic E-state index is 0.268. The molecule has 1 aromatic rings. The van der Waals surface area contributed by atoms with Crippen LogP contribution in [0.25, 0.3) is 0 Å². The number of methoxy groups -OCH3 is 1. The van der Waals surface area contributed by atoms with Crippen LogP contribution in [0.5, 0.6) is 0 Å². The molecule has 18 heavy (non-hydrogen) atoms. The van der Waals surface area contributed by atoms with Gasteiger partial charge in [0.1, 0.15) is 4.88 Å². The molecule has 1 aromatic heterocycles. The summed E-state index contributed by atoms with van der Waals surface area (Å²) in [7, 11) is 1.42. The van der Waals surface area contributed by atoms with Gasteiger partial charge in [-0.2, -0.15) is 0 Å². The van der Waals surface area contributed by atoms with Gasteiger partial charge < -0.3 is 9.64 Å². The Morgan fingerprint density at radius 2 is 2.06 bits per heavy atom. The number of hydrogen-bond donors (Lipinski definition) is 0. The third-order valence-corrected chi connectivity index (χ3v) is 5.35. The molecule has 0 bridgehead atoms. The van der Waals surface area contributed by atoms with Gasteiger partial charge in [0.2, 0.25) is 0 Å². The van der Waals surface area contributed by atoms with Crippen LogP contribution >= 0.6 is 11.3 Å². The van der Waals surface area contributed by atoms with Crippen LogP contribution in [0.4, 0.5) is 5.13 Å². The predicted octanol–water partition coefficient (Wildman–Crippen LogP) is 2.47. The molecule has 0 spiro atoms. The zero-order chi connectivity index (χ0) is 12.7. The van der Waals surface area contributed by atoms with Gasteiger partial charge in [-0.15, -0.1) is 0 Å². The van der Waals surface area contributed by atoms with Crippen molar-refractivity contribution in [3.8, 4) is 0 Å². The number of carbonyl (C=O) groups excluding carboxylic acids is 1. The highest BCUT2D eigenvalue weighted by Gasteiger charge is 2.37. The van der Waals surface area contributed by atoms with Crippen molar-refractivity contribution < 1.29 is 9.53 Å². The largest absolute Gasteiger partial charge is 0.465 e. The van der Waals surface area contributed by atoms with Crippen LogP contribution < -0.4 is 4.90 Å². The number of ether oxygens (including phenoxy) is 1. The van der Waals surface area contributed by atoms with E-state index in [1.54, 1.807) is 0 Å². The molecule has 2 heterocycles. The van der Waals surface area contributed by atoms with E-state index >= 15 is 0 Å². The quantitative estimate of drug-likeness (QED) is 0.771. The van der Waals surface area contributed by atoms with Gasteiger partial charge in [-0.1, -0.05) is 17.8 Å². The van der Waals surface area contributed by atoms with Crippen LogP contribution in [-0.4, -0.2) is 31.2 Å². The lowest BCUT2D eigenvalue weighted by atomic mass is 10.0. The fraction of sp³-hybridized carbons (Fsp3) is 0.692. The number of rotatable bonds is 2. The standard InChI is InChI=1S/C13H18N2O2S/c1-8-11(12(16)17-2)18-13(14-8)15-6-9-4-3-5-10(9)7-15/h9-10H,3-7H2,1-2H3. The molecule has 0 N–H and O–H groups in total. The second-order valence-corrected chi connectivity index (χ2v) is 6.24. The zero-order valence-corrected chi connectivity index (χ0v) is 11.6. The summed E-state index contributed by atoms with van der Waals surface area (Å²) >= 11 is 1.47. The van der Waals surface area contributed by atoms with E-state index in [9.17, 15) is 4.79 Å². The van der Waals surface area contributed by atoms with Crippen molar-refractivity contribution in [2.24, 2.45) is 11.8 Å². The molecule has 2 unspecified atom stereocenters. The number of carbonyl (C=O) groups is 1. The molecule has 2 fully saturated rings. The van der Waals surface area contributed by atoms with E-state index in [0.29, 0.717) is 4.88 Å². The molecular weight excluding hydrogens is 248 g/mol. The van der Waals surface area contributed by atoms with E-state index in [2.05, 4.69) is 9.88 Å². The summed E-state index contributed by atoms with van der Waals surface area (Å²) in [6.45, 7) is 4.10. The van der Waals surface area contributed by atoms with Gasteiger partial charge in [0.15, 0.2) is 5.13 Å². The van der Waals surface area contributed by atoms with Crippen molar-refractivity contribution >= 4 is 22.4 Å². The molecule has 1 saturated carbocycles. The summed E-state index contributed by atoms with van der Waals surface area (Å²) in [4.78, 5) is 19.1. The van der Waals surface area contributed by atoms with Crippen molar-refractivity contribution in [3.63, 3.8) is 0 Å². The van der Waals surface area contributed by atoms with E-state index in [4.69, 9.17) is 4.74 Å². The summed E-state index contributed by atoms with van der Waals surface area (Å²) in [5, 5.41) is 0.988. The summed E-state index contributed by atoms with van der Waals surface area (Å²) in [6.07, 6.45) is 4.10. The monoisotopic (exact) mass is 266 g/mol. The number of esters is 1. The molecule has 1 saturated heterocycles. The predicted molar refractivity (Wildman–Crippen MR) is 71.2 cm³/mol. The Balaban J connectivity index is 1.79. The van der Waals surface area contributed by atoms with Crippen molar-refractivity contribution in [2.45, 2.75) is 26.2 Å². The molecule has 0 radical (unpaired) electrons. The highest BCUT2D eigenvalue weighted by molar-refractivity contribution is 7.17. The topological polar surface area (TPSA) is 42.4 Å². The Bertz CT molecular complexity index is 460. The van der Waals surface area contributed by atoms with E-state index in [1.165, 1.54) is 37.7 Å². The van der Waals surface area contributed by atoms with Crippen LogP contribution in [0.1, 0.15) is 34.6 Å². The fourth-order valence-corrected chi connectivity index (χ4v) is 4.19. The van der Waals surface area contributed by atoms with Crippen LogP contribution in [0.15, 0.2) is 0 Å². The van der Waals surface area contributed by atoms with Gasteiger partial charge in [0.05, 0.1) is 12.8 Å². The first-order valence-corrected chi connectivity index (χ1v) is 7.31. The minimum Gasteiger partial charge on any atom is -0.465 e. The number of thiazole rings is 1. The molecular formula is C13H18N2O2S. The van der Waals surface area contributed by atoms with Gasteiger partial charge in [0.25, 0.3) is 0 Å². The molecule has 1 aliphatic heterocycles. The van der Waals surface area contributed by atoms with Crippen molar-refractivity contribution in [1.29, 1.82) is 0 Å². The maximum Gasteiger partial charge on any atom is 0.350 e. The molecule has 98 valence electrons. The van der Waals surface area contributed by atoms with Gasteiger partial charge in [-0.05, 0) is 31.6 Å². The number of hydrogen-bond acceptors (Lipinski definition) is 5. The average Bonchev–Trinajstić information content (AvgIpc) is 3.00. The third-order valence-electron chi connectivity index (χ3n) is 4.15. The Hall–Kier alpha value is -1.10. The normalized spacial score (nSPS) is 26.4. The SMILES string of the molecule is COC(=O)c1sc(N2CC3CCCC3C2)nc1C. The van der Waals surface area contributed by atoms with Crippen LogP contribution in [0, 0.1) is 18.8 Å². The minimum atomic E-state index is -0.268. The number of aromatic nitrogens is 1. The summed E-state index contributed by atoms with van der Waals surface area (Å²) in [5.74, 6) is 1.42. The van der Waals surface area contributed by atoms with E-state index < -0.39 is 0 Å². The number of fused-ring (bicyclic) bond motifs is 1. The summed E-state index contributed by atoms with van der Waals surface area (Å²) in [6, 6.07) is 0. The maximum atomic E-state index is 11.6. The Morgan fingerprint density at radius 3 is 2.67 bits per heavy atom. The molecule has 4 nitrogen and oxygen atoms in total. The first kappa shape index (κ1) is 12.0. The lowest BCUT2D eigenvalue weighted by molar-refractivity contribution is 0.0605. The van der Waals surface area contributed by atoms with Crippen LogP contribution in [0.2, 0.25) is 0 Å². The van der Waals surface area contributed by atoms with Gasteiger partial charge >= 0.3 is 5.97 Å². The lowest BCUT2D eigenvalue weighted by Gasteiger charge is -2.15. The van der Waals surface area contributed by atoms with E-state index in [0.717, 1.165) is 35.8 Å². The first-order valence-electron chi connectivity index (χ1n) is 6.49. The number of anilines is 1. The molecule has 2 atom stereocenters. The van der Waals surface area contributed by atoms with Crippen molar-refractivity contribution in [1.82, 2.24) is 4.98 Å². The molecule has 3 rings (SSSR count). The molecule has 0 amide bonds. The molecule has 2 aliphatic rings. The summed E-state index contributed by atoms with van der Waals surface area (Å²) < 4.78 is 4.78. The second-order valence-electron chi connectivity index (χ2n) is 5.26. The average molecular weight is 266 g/mol. The van der Waals surface area contributed by atoms with Crippen LogP contribution in [0.3, 0.4) is 0 Å². The van der Waals surface area contributed by atoms with Gasteiger partial charge in [-0.25, -0.2) is 9.78 Å². The maximum absolute atomic E-state index is 11.6. The Morgan fingerprint density at radius 1 is 1.39 bits per heavy atom. The Kier molecular flexibility index (Phi) is 3.01. The van der Waals surface area contributed by atoms with E-state index in [-0.39, 0.29) is 5.97 Å². The smallest absolute Gasteiger partial charge is 0.350 e. The summed E-state index contributed by atoms with van der Waals surface area (Å²) in [5.41, 5.74) is 0.791. The molecule has 5 heteroatoms. The lowest BCUT2D eigenvalue weighted by Crippen LogP contribution is -2.20.